The Hall–Kier alpha value is -1.16. The van der Waals surface area contributed by atoms with Crippen molar-refractivity contribution in [1.82, 2.24) is 14.9 Å². The predicted molar refractivity (Wildman–Crippen MR) is 67.1 cm³/mol. The Balaban J connectivity index is 2.28. The highest BCUT2D eigenvalue weighted by Gasteiger charge is 2.41. The van der Waals surface area contributed by atoms with Crippen LogP contribution in [0.3, 0.4) is 0 Å². The van der Waals surface area contributed by atoms with Crippen LogP contribution in [0.25, 0.3) is 0 Å². The van der Waals surface area contributed by atoms with Crippen LogP contribution >= 0.6 is 0 Å². The molecule has 0 saturated carbocycles. The summed E-state index contributed by atoms with van der Waals surface area (Å²) in [6.07, 6.45) is 7.54. The third kappa shape index (κ3) is 2.14. The van der Waals surface area contributed by atoms with Gasteiger partial charge in [-0.2, -0.15) is 0 Å². The number of rotatable bonds is 5. The zero-order valence-electron chi connectivity index (χ0n) is 10.7. The molecule has 1 N–H and O–H groups in total. The van der Waals surface area contributed by atoms with Gasteiger partial charge in [0.05, 0.1) is 5.54 Å². The average Bonchev–Trinajstić information content (AvgIpc) is 2.97. The molecule has 4 nitrogen and oxygen atoms in total. The monoisotopic (exact) mass is 235 g/mol. The van der Waals surface area contributed by atoms with Gasteiger partial charge in [0.1, 0.15) is 0 Å². The highest BCUT2D eigenvalue weighted by molar-refractivity contribution is 6.00. The molecule has 94 valence electrons. The van der Waals surface area contributed by atoms with Crippen LogP contribution in [-0.4, -0.2) is 27.4 Å². The number of nitrogens with one attached hydrogen (secondary N) is 1. The van der Waals surface area contributed by atoms with Crippen LogP contribution in [0, 0.1) is 0 Å². The van der Waals surface area contributed by atoms with Crippen molar-refractivity contribution in [3.05, 3.63) is 18.2 Å². The molecule has 4 heteroatoms. The smallest absolute Gasteiger partial charge is 0.218 e. The standard InChI is InChI=1S/C13H21N3O/c1-3-6-13(7-5-8-15-13)11(17)12-14-9-10-16(12)4-2/h9-10,15H,3-8H2,1-2H3. The molecule has 1 saturated heterocycles. The van der Waals surface area contributed by atoms with E-state index in [1.807, 2.05) is 17.7 Å². The number of carbonyl (C=O) groups is 1. The maximum Gasteiger partial charge on any atom is 0.218 e. The minimum atomic E-state index is -0.354. The molecule has 0 radical (unpaired) electrons. The number of hydrogen-bond acceptors (Lipinski definition) is 3. The van der Waals surface area contributed by atoms with Crippen molar-refractivity contribution in [2.24, 2.45) is 0 Å². The highest BCUT2D eigenvalue weighted by Crippen LogP contribution is 2.28. The molecule has 2 heterocycles. The first-order chi connectivity index (χ1) is 8.23. The fourth-order valence-corrected chi connectivity index (χ4v) is 2.74. The van der Waals surface area contributed by atoms with Gasteiger partial charge in [0.2, 0.25) is 5.78 Å². The topological polar surface area (TPSA) is 46.9 Å². The van der Waals surface area contributed by atoms with E-state index in [2.05, 4.69) is 17.2 Å². The van der Waals surface area contributed by atoms with E-state index in [1.165, 1.54) is 0 Å². The van der Waals surface area contributed by atoms with Gasteiger partial charge in [-0.15, -0.1) is 0 Å². The largest absolute Gasteiger partial charge is 0.329 e. The molecule has 0 bridgehead atoms. The van der Waals surface area contributed by atoms with Gasteiger partial charge < -0.3 is 9.88 Å². The van der Waals surface area contributed by atoms with Gasteiger partial charge >= 0.3 is 0 Å². The molecule has 1 fully saturated rings. The van der Waals surface area contributed by atoms with Gasteiger partial charge in [-0.05, 0) is 32.7 Å². The van der Waals surface area contributed by atoms with Crippen LogP contribution in [-0.2, 0) is 6.54 Å². The number of nitrogens with zero attached hydrogens (tertiary/aromatic N) is 2. The molecule has 0 spiro atoms. The second-order valence-corrected chi connectivity index (χ2v) is 4.73. The van der Waals surface area contributed by atoms with E-state index in [4.69, 9.17) is 0 Å². The Morgan fingerprint density at radius 1 is 1.59 bits per heavy atom. The number of Topliss-reactive ketones (excluding diaryl/α,β-unsaturated/α-hetero) is 1. The van der Waals surface area contributed by atoms with Crippen LogP contribution in [0.4, 0.5) is 0 Å². The zero-order valence-corrected chi connectivity index (χ0v) is 10.7. The number of ketones is 1. The fraction of sp³-hybridized carbons (Fsp3) is 0.692. The Bertz CT molecular complexity index is 391. The molecule has 1 unspecified atom stereocenters. The fourth-order valence-electron chi connectivity index (χ4n) is 2.74. The summed E-state index contributed by atoms with van der Waals surface area (Å²) in [5.41, 5.74) is -0.354. The molecule has 0 aromatic carbocycles. The summed E-state index contributed by atoms with van der Waals surface area (Å²) in [4.78, 5) is 16.9. The van der Waals surface area contributed by atoms with Gasteiger partial charge in [-0.3, -0.25) is 4.79 Å². The molecular weight excluding hydrogens is 214 g/mol. The van der Waals surface area contributed by atoms with Gasteiger partial charge in [0.25, 0.3) is 0 Å². The highest BCUT2D eigenvalue weighted by atomic mass is 16.1. The molecule has 2 rings (SSSR count). The predicted octanol–water partition coefficient (Wildman–Crippen LogP) is 2.01. The Morgan fingerprint density at radius 2 is 2.41 bits per heavy atom. The van der Waals surface area contributed by atoms with E-state index >= 15 is 0 Å². The Kier molecular flexibility index (Phi) is 3.62. The number of hydrogen-bond donors (Lipinski definition) is 1. The third-order valence-electron chi connectivity index (χ3n) is 3.61. The summed E-state index contributed by atoms with van der Waals surface area (Å²) < 4.78 is 1.93. The van der Waals surface area contributed by atoms with E-state index in [-0.39, 0.29) is 11.3 Å². The molecule has 1 aromatic rings. The van der Waals surface area contributed by atoms with Crippen molar-refractivity contribution in [2.75, 3.05) is 6.54 Å². The van der Waals surface area contributed by atoms with Gasteiger partial charge in [-0.1, -0.05) is 13.3 Å². The molecule has 0 aliphatic carbocycles. The molecular formula is C13H21N3O. The normalized spacial score (nSPS) is 24.1. The average molecular weight is 235 g/mol. The van der Waals surface area contributed by atoms with Crippen molar-refractivity contribution in [2.45, 2.75) is 51.6 Å². The maximum absolute atomic E-state index is 12.7. The lowest BCUT2D eigenvalue weighted by atomic mass is 9.87. The lowest BCUT2D eigenvalue weighted by Gasteiger charge is -2.27. The van der Waals surface area contributed by atoms with Gasteiger partial charge in [-0.25, -0.2) is 4.98 Å². The zero-order chi connectivity index (χ0) is 12.3. The number of aryl methyl sites for hydroxylation is 1. The number of aromatic nitrogens is 2. The van der Waals surface area contributed by atoms with E-state index in [0.29, 0.717) is 5.82 Å². The lowest BCUT2D eigenvalue weighted by Crippen LogP contribution is -2.48. The summed E-state index contributed by atoms with van der Waals surface area (Å²) in [5, 5.41) is 3.41. The molecule has 1 aromatic heterocycles. The second kappa shape index (κ2) is 5.00. The van der Waals surface area contributed by atoms with Gasteiger partial charge in [0.15, 0.2) is 5.82 Å². The Morgan fingerprint density at radius 3 is 3.00 bits per heavy atom. The summed E-state index contributed by atoms with van der Waals surface area (Å²) in [5.74, 6) is 0.777. The molecule has 17 heavy (non-hydrogen) atoms. The Labute approximate surface area is 102 Å². The summed E-state index contributed by atoms with van der Waals surface area (Å²) >= 11 is 0. The van der Waals surface area contributed by atoms with E-state index < -0.39 is 0 Å². The molecule has 1 aliphatic rings. The van der Waals surface area contributed by atoms with Crippen LogP contribution in [0.2, 0.25) is 0 Å². The van der Waals surface area contributed by atoms with Crippen LogP contribution in [0.5, 0.6) is 0 Å². The minimum Gasteiger partial charge on any atom is -0.329 e. The number of imidazole rings is 1. The van der Waals surface area contributed by atoms with E-state index in [1.54, 1.807) is 6.20 Å². The summed E-state index contributed by atoms with van der Waals surface area (Å²) in [7, 11) is 0. The molecule has 1 aliphatic heterocycles. The van der Waals surface area contributed by atoms with Crippen molar-refractivity contribution in [1.29, 1.82) is 0 Å². The van der Waals surface area contributed by atoms with Crippen molar-refractivity contribution in [3.63, 3.8) is 0 Å². The van der Waals surface area contributed by atoms with E-state index in [9.17, 15) is 4.79 Å². The first kappa shape index (κ1) is 12.3. The minimum absolute atomic E-state index is 0.170. The summed E-state index contributed by atoms with van der Waals surface area (Å²) in [6, 6.07) is 0. The van der Waals surface area contributed by atoms with E-state index in [0.717, 1.165) is 38.8 Å². The second-order valence-electron chi connectivity index (χ2n) is 4.73. The third-order valence-corrected chi connectivity index (χ3v) is 3.61. The quantitative estimate of drug-likeness (QED) is 0.794. The maximum atomic E-state index is 12.7. The van der Waals surface area contributed by atoms with Crippen LogP contribution in [0.15, 0.2) is 12.4 Å². The summed E-state index contributed by atoms with van der Waals surface area (Å²) in [6.45, 7) is 5.90. The molecule has 0 amide bonds. The number of carbonyl (C=O) groups excluding carboxylic acids is 1. The first-order valence-corrected chi connectivity index (χ1v) is 6.54. The lowest BCUT2D eigenvalue weighted by molar-refractivity contribution is 0.0842. The van der Waals surface area contributed by atoms with Crippen molar-refractivity contribution in [3.8, 4) is 0 Å². The van der Waals surface area contributed by atoms with Crippen molar-refractivity contribution >= 4 is 5.78 Å². The molecule has 1 atom stereocenters. The van der Waals surface area contributed by atoms with Crippen LogP contribution < -0.4 is 5.32 Å². The van der Waals surface area contributed by atoms with Crippen LogP contribution in [0.1, 0.15) is 50.1 Å². The van der Waals surface area contributed by atoms with Crippen molar-refractivity contribution < 1.29 is 4.79 Å². The van der Waals surface area contributed by atoms with Gasteiger partial charge in [0, 0.05) is 18.9 Å². The SMILES string of the molecule is CCCC1(C(=O)c2nccn2CC)CCCN1. The first-order valence-electron chi connectivity index (χ1n) is 6.54.